The van der Waals surface area contributed by atoms with Crippen molar-refractivity contribution in [3.8, 4) is 0 Å². The van der Waals surface area contributed by atoms with E-state index in [1.165, 1.54) is 4.90 Å². The first-order valence-corrected chi connectivity index (χ1v) is 9.53. The van der Waals surface area contributed by atoms with Gasteiger partial charge in [0.1, 0.15) is 5.84 Å². The van der Waals surface area contributed by atoms with Gasteiger partial charge in [-0.1, -0.05) is 18.2 Å². The number of benzene rings is 1. The zero-order valence-electron chi connectivity index (χ0n) is 13.7. The van der Waals surface area contributed by atoms with Crippen LogP contribution < -0.4 is 10.6 Å². The first-order valence-electron chi connectivity index (χ1n) is 8.18. The highest BCUT2D eigenvalue weighted by molar-refractivity contribution is 8.18. The maximum absolute atomic E-state index is 12.4. The molecule has 1 unspecified atom stereocenters. The second-order valence-electron chi connectivity index (χ2n) is 5.88. The Morgan fingerprint density at radius 3 is 3.12 bits per heavy atom. The molecule has 1 aromatic carbocycles. The van der Waals surface area contributed by atoms with E-state index in [1.54, 1.807) is 6.20 Å². The summed E-state index contributed by atoms with van der Waals surface area (Å²) in [7, 11) is -0.197. The summed E-state index contributed by atoms with van der Waals surface area (Å²) in [6.07, 6.45) is 6.05. The molecule has 7 heteroatoms. The third-order valence-corrected chi connectivity index (χ3v) is 5.86. The summed E-state index contributed by atoms with van der Waals surface area (Å²) in [5.41, 5.74) is 2.05. The summed E-state index contributed by atoms with van der Waals surface area (Å²) >= 11 is 0. The van der Waals surface area contributed by atoms with Gasteiger partial charge in [0.25, 0.3) is 0 Å². The Morgan fingerprint density at radius 2 is 2.16 bits per heavy atom. The van der Waals surface area contributed by atoms with Crippen LogP contribution >= 0.6 is 10.5 Å². The molecule has 6 nitrogen and oxygen atoms in total. The van der Waals surface area contributed by atoms with Crippen molar-refractivity contribution < 1.29 is 4.79 Å². The van der Waals surface area contributed by atoms with Crippen LogP contribution in [0.3, 0.4) is 0 Å². The Kier molecular flexibility index (Phi) is 4.47. The van der Waals surface area contributed by atoms with E-state index in [0.717, 1.165) is 17.0 Å². The molecule has 0 spiro atoms. The molecule has 128 valence electrons. The van der Waals surface area contributed by atoms with Gasteiger partial charge in [-0.25, -0.2) is 0 Å². The van der Waals surface area contributed by atoms with Crippen molar-refractivity contribution in [3.05, 3.63) is 59.4 Å². The fraction of sp³-hybridized carbons (Fsp3) is 0.222. The Bertz CT molecular complexity index is 896. The van der Waals surface area contributed by atoms with Crippen molar-refractivity contribution in [2.45, 2.75) is 24.4 Å². The van der Waals surface area contributed by atoms with Crippen LogP contribution in [0.4, 0.5) is 0 Å². The van der Waals surface area contributed by atoms with Crippen LogP contribution in [0, 0.1) is 0 Å². The fourth-order valence-corrected chi connectivity index (χ4v) is 4.44. The number of aromatic nitrogens is 2. The number of fused-ring (bicyclic) bond motifs is 5. The van der Waals surface area contributed by atoms with Gasteiger partial charge in [-0.3, -0.25) is 14.5 Å². The minimum absolute atomic E-state index is 0.0201. The van der Waals surface area contributed by atoms with Crippen LogP contribution in [-0.4, -0.2) is 33.4 Å². The lowest BCUT2D eigenvalue weighted by Crippen LogP contribution is -2.25. The van der Waals surface area contributed by atoms with Gasteiger partial charge in [-0.05, 0) is 17.0 Å². The van der Waals surface area contributed by atoms with Gasteiger partial charge in [0.05, 0.1) is 25.7 Å². The lowest BCUT2D eigenvalue weighted by atomic mass is 10.1. The quantitative estimate of drug-likeness (QED) is 0.708. The number of amides is 1. The average molecular weight is 353 g/mol. The number of nitrogens with one attached hydrogen (secondary N) is 2. The standard InChI is InChI=1S/C18H19N5OS/c24-18-9-15-3-1-2-4-16(15)25-8-6-20-17(13-25)19-5-7-23-12-14(10-21-18)11-22-23/h1-4,6,8,11-13H,5,7,9-10H2,(H,19,20)(H,21,24). The Labute approximate surface area is 148 Å². The molecule has 0 aliphatic carbocycles. The molecule has 2 aliphatic rings. The molecule has 2 aromatic rings. The molecule has 3 heterocycles. The number of amidine groups is 1. The zero-order valence-corrected chi connectivity index (χ0v) is 14.5. The van der Waals surface area contributed by atoms with E-state index in [-0.39, 0.29) is 16.4 Å². The van der Waals surface area contributed by atoms with Crippen LogP contribution in [0.2, 0.25) is 0 Å². The molecule has 4 bridgehead atoms. The van der Waals surface area contributed by atoms with Crippen LogP contribution in [0.25, 0.3) is 0 Å². The third-order valence-electron chi connectivity index (χ3n) is 4.05. The van der Waals surface area contributed by atoms with Crippen LogP contribution in [0.1, 0.15) is 11.1 Å². The molecule has 0 saturated carbocycles. The molecular formula is C18H19N5OS. The van der Waals surface area contributed by atoms with Crippen molar-refractivity contribution in [3.63, 3.8) is 0 Å². The first kappa shape index (κ1) is 15.8. The molecule has 2 N–H and O–H groups in total. The highest BCUT2D eigenvalue weighted by atomic mass is 32.2. The summed E-state index contributed by atoms with van der Waals surface area (Å²) < 4.78 is 1.86. The summed E-state index contributed by atoms with van der Waals surface area (Å²) in [6.45, 7) is 1.86. The van der Waals surface area contributed by atoms with Crippen molar-refractivity contribution in [2.24, 2.45) is 4.99 Å². The van der Waals surface area contributed by atoms with E-state index >= 15 is 0 Å². The smallest absolute Gasteiger partial charge is 0.224 e. The predicted octanol–water partition coefficient (Wildman–Crippen LogP) is 1.66. The number of hydrogen-bond donors (Lipinski definition) is 2. The van der Waals surface area contributed by atoms with E-state index in [1.807, 2.05) is 35.3 Å². The van der Waals surface area contributed by atoms with Crippen molar-refractivity contribution in [1.82, 2.24) is 20.4 Å². The third kappa shape index (κ3) is 3.71. The number of carbonyl (C=O) groups excluding carboxylic acids is 1. The van der Waals surface area contributed by atoms with E-state index in [2.05, 4.69) is 37.6 Å². The second-order valence-corrected chi connectivity index (χ2v) is 7.57. The van der Waals surface area contributed by atoms with Crippen LogP contribution in [-0.2, 0) is 24.3 Å². The molecule has 1 aromatic heterocycles. The summed E-state index contributed by atoms with van der Waals surface area (Å²) in [6, 6.07) is 8.12. The topological polar surface area (TPSA) is 71.3 Å². The highest BCUT2D eigenvalue weighted by Gasteiger charge is 2.12. The Balaban J connectivity index is 1.71. The second kappa shape index (κ2) is 7.06. The number of aliphatic imine (C=N–C) groups is 1. The zero-order chi connectivity index (χ0) is 17.1. The summed E-state index contributed by atoms with van der Waals surface area (Å²) in [4.78, 5) is 18.2. The van der Waals surface area contributed by atoms with Gasteiger partial charge in [-0.2, -0.15) is 5.10 Å². The number of rotatable bonds is 0. The predicted molar refractivity (Wildman–Crippen MR) is 101 cm³/mol. The van der Waals surface area contributed by atoms with E-state index < -0.39 is 0 Å². The normalized spacial score (nSPS) is 20.1. The Morgan fingerprint density at radius 1 is 1.24 bits per heavy atom. The summed E-state index contributed by atoms with van der Waals surface area (Å²) in [5.74, 6) is 0.888. The van der Waals surface area contributed by atoms with E-state index in [0.29, 0.717) is 26.1 Å². The fourth-order valence-electron chi connectivity index (χ4n) is 2.81. The molecule has 0 radical (unpaired) electrons. The maximum Gasteiger partial charge on any atom is 0.224 e. The van der Waals surface area contributed by atoms with E-state index in [9.17, 15) is 4.79 Å². The minimum Gasteiger partial charge on any atom is -0.352 e. The van der Waals surface area contributed by atoms with Gasteiger partial charge >= 0.3 is 0 Å². The van der Waals surface area contributed by atoms with Gasteiger partial charge in [0.15, 0.2) is 0 Å². The molecule has 2 aliphatic heterocycles. The lowest BCUT2D eigenvalue weighted by molar-refractivity contribution is -0.120. The molecular weight excluding hydrogens is 334 g/mol. The molecule has 0 fully saturated rings. The van der Waals surface area contributed by atoms with Gasteiger partial charge in [-0.15, -0.1) is 10.5 Å². The van der Waals surface area contributed by atoms with Crippen LogP contribution in [0.5, 0.6) is 0 Å². The number of hydrogen-bond acceptors (Lipinski definition) is 4. The number of nitrogens with zero attached hydrogens (tertiary/aromatic N) is 3. The SMILES string of the molecule is O=C1Cc2ccccc2S2=CC(=NCCn3cc(cn3)CN1)NC=C2. The van der Waals surface area contributed by atoms with Crippen molar-refractivity contribution >= 4 is 27.6 Å². The molecule has 0 saturated heterocycles. The first-order chi connectivity index (χ1) is 12.3. The summed E-state index contributed by atoms with van der Waals surface area (Å²) in [5, 5.41) is 14.7. The number of carbonyl (C=O) groups is 1. The van der Waals surface area contributed by atoms with Crippen molar-refractivity contribution in [1.29, 1.82) is 0 Å². The maximum atomic E-state index is 12.4. The highest BCUT2D eigenvalue weighted by Crippen LogP contribution is 2.32. The van der Waals surface area contributed by atoms with E-state index in [4.69, 9.17) is 0 Å². The molecule has 25 heavy (non-hydrogen) atoms. The average Bonchev–Trinajstić information content (AvgIpc) is 3.08. The molecule has 4 rings (SSSR count). The van der Waals surface area contributed by atoms with Crippen molar-refractivity contribution in [2.75, 3.05) is 6.54 Å². The molecule has 1 atom stereocenters. The minimum atomic E-state index is -0.197. The lowest BCUT2D eigenvalue weighted by Gasteiger charge is -2.15. The van der Waals surface area contributed by atoms with Gasteiger partial charge in [0, 0.05) is 34.8 Å². The Hall–Kier alpha value is -2.67. The van der Waals surface area contributed by atoms with Crippen LogP contribution in [0.15, 0.2) is 58.2 Å². The van der Waals surface area contributed by atoms with Gasteiger partial charge < -0.3 is 10.6 Å². The monoisotopic (exact) mass is 353 g/mol. The molecule has 1 amide bonds. The van der Waals surface area contributed by atoms with Gasteiger partial charge in [0.2, 0.25) is 5.91 Å². The largest absolute Gasteiger partial charge is 0.352 e.